The molecule has 23 heavy (non-hydrogen) atoms. The number of hydrogen-bond donors (Lipinski definition) is 1. The van der Waals surface area contributed by atoms with Crippen LogP contribution in [0.4, 0.5) is 0 Å². The van der Waals surface area contributed by atoms with Crippen LogP contribution in [0.2, 0.25) is 5.02 Å². The van der Waals surface area contributed by atoms with E-state index in [-0.39, 0.29) is 5.91 Å². The van der Waals surface area contributed by atoms with Crippen LogP contribution in [0.25, 0.3) is 0 Å². The lowest BCUT2D eigenvalue weighted by atomic mass is 10.1. The van der Waals surface area contributed by atoms with E-state index in [1.54, 1.807) is 23.5 Å². The van der Waals surface area contributed by atoms with Crippen LogP contribution in [-0.4, -0.2) is 19.6 Å². The molecule has 0 fully saturated rings. The van der Waals surface area contributed by atoms with Gasteiger partial charge < -0.3 is 14.8 Å². The molecule has 1 N–H and O–H groups in total. The van der Waals surface area contributed by atoms with Gasteiger partial charge in [-0.2, -0.15) is 11.3 Å². The summed E-state index contributed by atoms with van der Waals surface area (Å²) in [5.41, 5.74) is 1.51. The van der Waals surface area contributed by atoms with Crippen molar-refractivity contribution in [3.05, 3.63) is 45.1 Å². The average molecular weight is 354 g/mol. The molecule has 2 rings (SSSR count). The number of hydrogen-bond acceptors (Lipinski definition) is 4. The van der Waals surface area contributed by atoms with Gasteiger partial charge in [-0.25, -0.2) is 0 Å². The molecule has 2 aromatic rings. The quantitative estimate of drug-likeness (QED) is 0.803. The standard InChI is InChI=1S/C17H20ClNO3S/c1-11(2)9-22-16-14(18)6-13(7-15(16)21-3)17(20)19-8-12-4-5-23-10-12/h4-7,10-11H,8-9H2,1-3H3,(H,19,20). The van der Waals surface area contributed by atoms with E-state index in [1.165, 1.54) is 7.11 Å². The maximum Gasteiger partial charge on any atom is 0.251 e. The van der Waals surface area contributed by atoms with Crippen LogP contribution in [0, 0.1) is 5.92 Å². The molecule has 0 aliphatic rings. The third kappa shape index (κ3) is 4.88. The van der Waals surface area contributed by atoms with Crippen molar-refractivity contribution in [2.24, 2.45) is 5.92 Å². The van der Waals surface area contributed by atoms with Gasteiger partial charge >= 0.3 is 0 Å². The van der Waals surface area contributed by atoms with E-state index in [1.807, 2.05) is 30.7 Å². The monoisotopic (exact) mass is 353 g/mol. The maximum atomic E-state index is 12.3. The highest BCUT2D eigenvalue weighted by atomic mass is 35.5. The number of rotatable bonds is 7. The number of ether oxygens (including phenoxy) is 2. The number of halogens is 1. The molecule has 6 heteroatoms. The highest BCUT2D eigenvalue weighted by Crippen LogP contribution is 2.36. The van der Waals surface area contributed by atoms with Crippen molar-refractivity contribution >= 4 is 28.8 Å². The summed E-state index contributed by atoms with van der Waals surface area (Å²) in [4.78, 5) is 12.3. The van der Waals surface area contributed by atoms with Crippen molar-refractivity contribution in [3.8, 4) is 11.5 Å². The molecule has 1 amide bonds. The summed E-state index contributed by atoms with van der Waals surface area (Å²) in [5.74, 6) is 1.09. The van der Waals surface area contributed by atoms with Gasteiger partial charge in [-0.1, -0.05) is 25.4 Å². The second-order valence-corrected chi connectivity index (χ2v) is 6.70. The highest BCUT2D eigenvalue weighted by molar-refractivity contribution is 7.07. The minimum Gasteiger partial charge on any atom is -0.493 e. The van der Waals surface area contributed by atoms with E-state index in [0.29, 0.717) is 41.2 Å². The van der Waals surface area contributed by atoms with Gasteiger partial charge in [0, 0.05) is 12.1 Å². The molecule has 0 unspecified atom stereocenters. The lowest BCUT2D eigenvalue weighted by Crippen LogP contribution is -2.22. The largest absolute Gasteiger partial charge is 0.493 e. The zero-order valence-corrected chi connectivity index (χ0v) is 15.0. The first-order valence-corrected chi connectivity index (χ1v) is 8.63. The van der Waals surface area contributed by atoms with Gasteiger partial charge in [0.2, 0.25) is 0 Å². The second kappa shape index (κ2) is 8.22. The maximum absolute atomic E-state index is 12.3. The van der Waals surface area contributed by atoms with Crippen LogP contribution in [0.5, 0.6) is 11.5 Å². The molecule has 1 aromatic carbocycles. The molecule has 0 bridgehead atoms. The topological polar surface area (TPSA) is 47.6 Å². The predicted molar refractivity (Wildman–Crippen MR) is 93.8 cm³/mol. The van der Waals surface area contributed by atoms with Crippen molar-refractivity contribution in [1.29, 1.82) is 0 Å². The van der Waals surface area contributed by atoms with Crippen LogP contribution in [0.1, 0.15) is 29.8 Å². The third-order valence-electron chi connectivity index (χ3n) is 3.09. The van der Waals surface area contributed by atoms with Crippen molar-refractivity contribution in [1.82, 2.24) is 5.32 Å². The van der Waals surface area contributed by atoms with E-state index in [9.17, 15) is 4.79 Å². The first kappa shape index (κ1) is 17.6. The van der Waals surface area contributed by atoms with E-state index >= 15 is 0 Å². The summed E-state index contributed by atoms with van der Waals surface area (Å²) >= 11 is 7.85. The number of benzene rings is 1. The Bertz CT molecular complexity index is 656. The Labute approximate surface area is 145 Å². The van der Waals surface area contributed by atoms with Gasteiger partial charge in [-0.05, 0) is 40.4 Å². The predicted octanol–water partition coefficient (Wildman–Crippen LogP) is 4.37. The summed E-state index contributed by atoms with van der Waals surface area (Å²) in [7, 11) is 1.53. The highest BCUT2D eigenvalue weighted by Gasteiger charge is 2.16. The fourth-order valence-electron chi connectivity index (χ4n) is 1.92. The van der Waals surface area contributed by atoms with E-state index in [4.69, 9.17) is 21.1 Å². The zero-order chi connectivity index (χ0) is 16.8. The van der Waals surface area contributed by atoms with Gasteiger partial charge in [0.15, 0.2) is 11.5 Å². The molecule has 0 aliphatic carbocycles. The van der Waals surface area contributed by atoms with Gasteiger partial charge in [-0.3, -0.25) is 4.79 Å². The van der Waals surface area contributed by atoms with Gasteiger partial charge in [0.1, 0.15) is 0 Å². The Morgan fingerprint density at radius 1 is 1.39 bits per heavy atom. The van der Waals surface area contributed by atoms with Crippen LogP contribution in [0.3, 0.4) is 0 Å². The number of methoxy groups -OCH3 is 1. The summed E-state index contributed by atoms with van der Waals surface area (Å²) in [6.07, 6.45) is 0. The normalized spacial score (nSPS) is 10.7. The first-order chi connectivity index (χ1) is 11.0. The fraction of sp³-hybridized carbons (Fsp3) is 0.353. The Balaban J connectivity index is 2.12. The molecule has 1 aromatic heterocycles. The number of carbonyl (C=O) groups is 1. The van der Waals surface area contributed by atoms with Crippen molar-refractivity contribution < 1.29 is 14.3 Å². The van der Waals surface area contributed by atoms with Gasteiger partial charge in [0.25, 0.3) is 5.91 Å². The Hall–Kier alpha value is -1.72. The molecule has 0 atom stereocenters. The van der Waals surface area contributed by atoms with Gasteiger partial charge in [0.05, 0.1) is 18.7 Å². The second-order valence-electron chi connectivity index (χ2n) is 5.51. The van der Waals surface area contributed by atoms with Gasteiger partial charge in [-0.15, -0.1) is 0 Å². The van der Waals surface area contributed by atoms with Crippen molar-refractivity contribution in [2.75, 3.05) is 13.7 Å². The van der Waals surface area contributed by atoms with Crippen LogP contribution >= 0.6 is 22.9 Å². The molecule has 0 aliphatic heterocycles. The van der Waals surface area contributed by atoms with Crippen LogP contribution in [-0.2, 0) is 6.54 Å². The lowest BCUT2D eigenvalue weighted by molar-refractivity contribution is 0.0950. The number of amides is 1. The lowest BCUT2D eigenvalue weighted by Gasteiger charge is -2.15. The molecular weight excluding hydrogens is 334 g/mol. The molecule has 0 spiro atoms. The summed E-state index contributed by atoms with van der Waals surface area (Å²) in [5, 5.41) is 7.20. The first-order valence-electron chi connectivity index (χ1n) is 7.31. The SMILES string of the molecule is COc1cc(C(=O)NCc2ccsc2)cc(Cl)c1OCC(C)C. The van der Waals surface area contributed by atoms with E-state index in [0.717, 1.165) is 5.56 Å². The van der Waals surface area contributed by atoms with E-state index < -0.39 is 0 Å². The summed E-state index contributed by atoms with van der Waals surface area (Å²) < 4.78 is 11.0. The zero-order valence-electron chi connectivity index (χ0n) is 13.4. The number of nitrogens with one attached hydrogen (secondary N) is 1. The van der Waals surface area contributed by atoms with Crippen molar-refractivity contribution in [2.45, 2.75) is 20.4 Å². The minimum absolute atomic E-state index is 0.202. The Morgan fingerprint density at radius 2 is 2.17 bits per heavy atom. The Morgan fingerprint density at radius 3 is 2.78 bits per heavy atom. The van der Waals surface area contributed by atoms with Crippen LogP contribution < -0.4 is 14.8 Å². The molecule has 0 saturated carbocycles. The molecule has 0 saturated heterocycles. The molecule has 4 nitrogen and oxygen atoms in total. The molecule has 0 radical (unpaired) electrons. The minimum atomic E-state index is -0.202. The number of thiophene rings is 1. The third-order valence-corrected chi connectivity index (χ3v) is 4.10. The molecular formula is C17H20ClNO3S. The van der Waals surface area contributed by atoms with Crippen molar-refractivity contribution in [3.63, 3.8) is 0 Å². The molecule has 1 heterocycles. The number of carbonyl (C=O) groups excluding carboxylic acids is 1. The Kier molecular flexibility index (Phi) is 6.30. The molecule has 124 valence electrons. The summed E-state index contributed by atoms with van der Waals surface area (Å²) in [6.45, 7) is 5.10. The summed E-state index contributed by atoms with van der Waals surface area (Å²) in [6, 6.07) is 5.22. The fourth-order valence-corrected chi connectivity index (χ4v) is 2.85. The van der Waals surface area contributed by atoms with Crippen LogP contribution in [0.15, 0.2) is 29.0 Å². The average Bonchev–Trinajstić information content (AvgIpc) is 3.03. The van der Waals surface area contributed by atoms with E-state index in [2.05, 4.69) is 5.32 Å². The smallest absolute Gasteiger partial charge is 0.251 e.